The van der Waals surface area contributed by atoms with E-state index in [-0.39, 0.29) is 15.6 Å². The van der Waals surface area contributed by atoms with E-state index in [1.807, 2.05) is 6.92 Å². The fourth-order valence-corrected chi connectivity index (χ4v) is 4.71. The van der Waals surface area contributed by atoms with Crippen LogP contribution in [0.4, 0.5) is 5.69 Å². The lowest BCUT2D eigenvalue weighted by Gasteiger charge is -2.34. The van der Waals surface area contributed by atoms with Gasteiger partial charge in [-0.1, -0.05) is 18.5 Å². The lowest BCUT2D eigenvalue weighted by atomic mass is 10.2. The van der Waals surface area contributed by atoms with Crippen molar-refractivity contribution >= 4 is 37.3 Å². The molecule has 10 heteroatoms. The minimum atomic E-state index is -4.10. The van der Waals surface area contributed by atoms with Crippen molar-refractivity contribution in [2.75, 3.05) is 12.4 Å². The fourth-order valence-electron chi connectivity index (χ4n) is 2.03. The minimum absolute atomic E-state index is 0.117. The second-order valence-electron chi connectivity index (χ2n) is 4.41. The van der Waals surface area contributed by atoms with Crippen molar-refractivity contribution in [2.45, 2.75) is 29.3 Å². The zero-order chi connectivity index (χ0) is 15.3. The zero-order valence-electron chi connectivity index (χ0n) is 10.8. The predicted octanol–water partition coefficient (Wildman–Crippen LogP) is 0.770. The van der Waals surface area contributed by atoms with Gasteiger partial charge in [0.1, 0.15) is 9.79 Å². The normalized spacial score (nSPS) is 22.1. The molecule has 0 bridgehead atoms. The van der Waals surface area contributed by atoms with Crippen LogP contribution in [-0.4, -0.2) is 34.4 Å². The van der Waals surface area contributed by atoms with Crippen LogP contribution in [0.25, 0.3) is 0 Å². The standard InChI is InChI=1S/C10H14ClN3O4S2/c1-3-10-13-7-4-6(11)8(19(12,15)16)5-9(7)20(17,18)14(10)2/h4-5,10,13H,3H2,1-2H3,(H2,12,15,16). The largest absolute Gasteiger partial charge is 0.368 e. The van der Waals surface area contributed by atoms with Crippen molar-refractivity contribution in [3.8, 4) is 0 Å². The van der Waals surface area contributed by atoms with E-state index >= 15 is 0 Å². The third kappa shape index (κ3) is 2.40. The Kier molecular flexibility index (Phi) is 3.76. The molecule has 1 aliphatic heterocycles. The first-order chi connectivity index (χ1) is 9.09. The summed E-state index contributed by atoms with van der Waals surface area (Å²) in [5.74, 6) is 0. The van der Waals surface area contributed by atoms with Crippen molar-refractivity contribution in [2.24, 2.45) is 5.14 Å². The van der Waals surface area contributed by atoms with Crippen LogP contribution in [0.15, 0.2) is 21.9 Å². The molecule has 1 unspecified atom stereocenters. The summed E-state index contributed by atoms with van der Waals surface area (Å²) in [6.45, 7) is 1.83. The van der Waals surface area contributed by atoms with Crippen LogP contribution in [0.5, 0.6) is 0 Å². The number of nitrogens with two attached hydrogens (primary N) is 1. The molecule has 0 amide bonds. The Labute approximate surface area is 122 Å². The quantitative estimate of drug-likeness (QED) is 0.827. The van der Waals surface area contributed by atoms with Gasteiger partial charge in [0.2, 0.25) is 20.0 Å². The lowest BCUT2D eigenvalue weighted by molar-refractivity contribution is 0.380. The van der Waals surface area contributed by atoms with E-state index in [4.69, 9.17) is 16.7 Å². The number of fused-ring (bicyclic) bond motifs is 1. The van der Waals surface area contributed by atoms with E-state index in [0.29, 0.717) is 6.42 Å². The average Bonchev–Trinajstić information content (AvgIpc) is 2.31. The minimum Gasteiger partial charge on any atom is -0.368 e. The maximum absolute atomic E-state index is 12.4. The summed E-state index contributed by atoms with van der Waals surface area (Å²) in [6.07, 6.45) is 0.132. The molecule has 2 rings (SSSR count). The van der Waals surface area contributed by atoms with Crippen molar-refractivity contribution in [3.63, 3.8) is 0 Å². The van der Waals surface area contributed by atoms with Crippen LogP contribution in [0.1, 0.15) is 13.3 Å². The van der Waals surface area contributed by atoms with Crippen LogP contribution in [-0.2, 0) is 20.0 Å². The number of primary sulfonamides is 1. The van der Waals surface area contributed by atoms with Gasteiger partial charge in [-0.15, -0.1) is 0 Å². The SMILES string of the molecule is CCC1Nc2cc(Cl)c(S(N)(=O)=O)cc2S(=O)(=O)N1C. The molecular weight excluding hydrogens is 326 g/mol. The molecule has 112 valence electrons. The molecule has 3 N–H and O–H groups in total. The number of anilines is 1. The second-order valence-corrected chi connectivity index (χ2v) is 8.32. The van der Waals surface area contributed by atoms with Crippen LogP contribution >= 0.6 is 11.6 Å². The first-order valence-corrected chi connectivity index (χ1v) is 9.06. The van der Waals surface area contributed by atoms with Crippen molar-refractivity contribution in [1.29, 1.82) is 0 Å². The highest BCUT2D eigenvalue weighted by molar-refractivity contribution is 7.90. The molecule has 0 radical (unpaired) electrons. The molecule has 1 aliphatic rings. The number of hydrogen-bond donors (Lipinski definition) is 2. The zero-order valence-corrected chi connectivity index (χ0v) is 13.2. The topological polar surface area (TPSA) is 110 Å². The van der Waals surface area contributed by atoms with Crippen LogP contribution in [0.2, 0.25) is 5.02 Å². The number of nitrogens with zero attached hydrogens (tertiary/aromatic N) is 1. The van der Waals surface area contributed by atoms with Gasteiger partial charge in [0, 0.05) is 7.05 Å². The smallest absolute Gasteiger partial charge is 0.246 e. The van der Waals surface area contributed by atoms with E-state index in [1.165, 1.54) is 13.1 Å². The van der Waals surface area contributed by atoms with Crippen molar-refractivity contribution in [3.05, 3.63) is 17.2 Å². The summed E-state index contributed by atoms with van der Waals surface area (Å²) in [6, 6.07) is 2.25. The summed E-state index contributed by atoms with van der Waals surface area (Å²) < 4.78 is 48.7. The van der Waals surface area contributed by atoms with Crippen LogP contribution < -0.4 is 10.5 Å². The molecule has 1 heterocycles. The Morgan fingerprint density at radius 2 is 2.05 bits per heavy atom. The maximum Gasteiger partial charge on any atom is 0.246 e. The second kappa shape index (κ2) is 4.85. The Morgan fingerprint density at radius 3 is 2.55 bits per heavy atom. The highest BCUT2D eigenvalue weighted by atomic mass is 35.5. The molecule has 0 saturated carbocycles. The molecule has 7 nitrogen and oxygen atoms in total. The predicted molar refractivity (Wildman–Crippen MR) is 75.5 cm³/mol. The van der Waals surface area contributed by atoms with E-state index < -0.39 is 31.1 Å². The van der Waals surface area contributed by atoms with Gasteiger partial charge in [-0.25, -0.2) is 22.0 Å². The number of sulfonamides is 2. The van der Waals surface area contributed by atoms with Crippen LogP contribution in [0, 0.1) is 0 Å². The van der Waals surface area contributed by atoms with Gasteiger partial charge in [-0.05, 0) is 18.6 Å². The molecule has 0 aromatic heterocycles. The Hall–Kier alpha value is -0.870. The summed E-state index contributed by atoms with van der Waals surface area (Å²) in [5, 5.41) is 7.91. The first-order valence-electron chi connectivity index (χ1n) is 5.70. The summed E-state index contributed by atoms with van der Waals surface area (Å²) in [4.78, 5) is -0.565. The third-order valence-corrected chi connectivity index (χ3v) is 6.43. The van der Waals surface area contributed by atoms with Gasteiger partial charge in [0.15, 0.2) is 0 Å². The van der Waals surface area contributed by atoms with Crippen LogP contribution in [0.3, 0.4) is 0 Å². The monoisotopic (exact) mass is 339 g/mol. The van der Waals surface area contributed by atoms with Gasteiger partial charge >= 0.3 is 0 Å². The molecule has 1 aromatic carbocycles. The van der Waals surface area contributed by atoms with E-state index in [0.717, 1.165) is 10.4 Å². The lowest BCUT2D eigenvalue weighted by Crippen LogP contribution is -2.45. The molecule has 20 heavy (non-hydrogen) atoms. The molecule has 0 saturated heterocycles. The number of benzene rings is 1. The molecule has 1 aromatic rings. The summed E-state index contributed by atoms with van der Waals surface area (Å²) in [5.41, 5.74) is 0.271. The molecule has 1 atom stereocenters. The highest BCUT2D eigenvalue weighted by Crippen LogP contribution is 2.36. The Bertz CT molecular complexity index is 761. The average molecular weight is 340 g/mol. The van der Waals surface area contributed by atoms with Gasteiger partial charge in [-0.3, -0.25) is 0 Å². The number of hydrogen-bond acceptors (Lipinski definition) is 5. The third-order valence-electron chi connectivity index (χ3n) is 3.15. The van der Waals surface area contributed by atoms with Crippen molar-refractivity contribution in [1.82, 2.24) is 4.31 Å². The van der Waals surface area contributed by atoms with Gasteiger partial charge in [0.05, 0.1) is 16.9 Å². The van der Waals surface area contributed by atoms with Gasteiger partial charge < -0.3 is 5.32 Å². The maximum atomic E-state index is 12.4. The number of rotatable bonds is 2. The summed E-state index contributed by atoms with van der Waals surface area (Å²) >= 11 is 5.86. The van der Waals surface area contributed by atoms with Gasteiger partial charge in [-0.2, -0.15) is 4.31 Å². The summed E-state index contributed by atoms with van der Waals surface area (Å²) in [7, 11) is -6.46. The Morgan fingerprint density at radius 1 is 1.45 bits per heavy atom. The molecular formula is C10H14ClN3O4S2. The Balaban J connectivity index is 2.75. The first kappa shape index (κ1) is 15.5. The van der Waals surface area contributed by atoms with E-state index in [9.17, 15) is 16.8 Å². The van der Waals surface area contributed by atoms with E-state index in [2.05, 4.69) is 5.32 Å². The molecule has 0 fully saturated rings. The fraction of sp³-hybridized carbons (Fsp3) is 0.400. The molecule has 0 aliphatic carbocycles. The van der Waals surface area contributed by atoms with E-state index in [1.54, 1.807) is 0 Å². The molecule has 0 spiro atoms. The highest BCUT2D eigenvalue weighted by Gasteiger charge is 2.36. The number of nitrogens with one attached hydrogen (secondary N) is 1. The number of halogens is 1. The van der Waals surface area contributed by atoms with Crippen molar-refractivity contribution < 1.29 is 16.8 Å². The van der Waals surface area contributed by atoms with Gasteiger partial charge in [0.25, 0.3) is 0 Å².